The van der Waals surface area contributed by atoms with Crippen LogP contribution in [-0.2, 0) is 26.5 Å². The summed E-state index contributed by atoms with van der Waals surface area (Å²) in [4.78, 5) is 26.7. The number of piperidine rings is 3. The van der Waals surface area contributed by atoms with Crippen molar-refractivity contribution >= 4 is 18.1 Å². The third-order valence-electron chi connectivity index (χ3n) is 8.87. The highest BCUT2D eigenvalue weighted by Gasteiger charge is 2.37. The number of aldehydes is 1. The molecule has 3 heterocycles. The summed E-state index contributed by atoms with van der Waals surface area (Å²) in [5.74, 6) is 2.26. The molecule has 3 aliphatic heterocycles. The lowest BCUT2D eigenvalue weighted by Gasteiger charge is -2.41. The first kappa shape index (κ1) is 35.4. The van der Waals surface area contributed by atoms with E-state index in [-0.39, 0.29) is 27.6 Å². The number of benzene rings is 2. The zero-order chi connectivity index (χ0) is 33.4. The number of rotatable bonds is 4. The molecule has 2 aromatic carbocycles. The molecule has 0 radical (unpaired) electrons. The Bertz CT molecular complexity index is 1330. The number of allylic oxidation sites excluding steroid dienone is 1. The Morgan fingerprint density at radius 2 is 0.977 bits per heavy atom. The molecular formula is C39H57NO4. The summed E-state index contributed by atoms with van der Waals surface area (Å²) in [6, 6.07) is 8.23. The highest BCUT2D eigenvalue weighted by Crippen LogP contribution is 2.41. The third-order valence-corrected chi connectivity index (χ3v) is 8.87. The molecule has 0 amide bonds. The lowest BCUT2D eigenvalue weighted by atomic mass is 9.75. The number of methoxy groups -OCH3 is 2. The van der Waals surface area contributed by atoms with Crippen molar-refractivity contribution in [3.63, 3.8) is 0 Å². The van der Waals surface area contributed by atoms with Crippen molar-refractivity contribution in [2.75, 3.05) is 27.3 Å². The molecule has 2 bridgehead atoms. The van der Waals surface area contributed by atoms with Crippen LogP contribution >= 0.6 is 0 Å². The first-order chi connectivity index (χ1) is 20.1. The van der Waals surface area contributed by atoms with Crippen LogP contribution in [0.25, 0.3) is 6.08 Å². The number of Topliss-reactive ketones (excluding diaryl/α,β-unsaturated/α-hetero) is 1. The van der Waals surface area contributed by atoms with Crippen LogP contribution in [0.15, 0.2) is 30.0 Å². The number of hydrogen-bond donors (Lipinski definition) is 0. The van der Waals surface area contributed by atoms with Gasteiger partial charge in [-0.25, -0.2) is 0 Å². The molecular weight excluding hydrogens is 546 g/mol. The Labute approximate surface area is 267 Å². The van der Waals surface area contributed by atoms with E-state index < -0.39 is 0 Å². The van der Waals surface area contributed by atoms with Gasteiger partial charge in [-0.15, -0.1) is 0 Å². The maximum absolute atomic E-state index is 12.9. The van der Waals surface area contributed by atoms with Gasteiger partial charge in [-0.05, 0) is 92.7 Å². The fourth-order valence-electron chi connectivity index (χ4n) is 6.30. The number of nitrogens with zero attached hydrogens (tertiary/aromatic N) is 1. The van der Waals surface area contributed by atoms with Crippen molar-refractivity contribution < 1.29 is 19.1 Å². The van der Waals surface area contributed by atoms with E-state index in [1.807, 2.05) is 12.1 Å². The van der Waals surface area contributed by atoms with Gasteiger partial charge in [0.25, 0.3) is 0 Å². The molecule has 5 rings (SSSR count). The Morgan fingerprint density at radius 1 is 0.636 bits per heavy atom. The Morgan fingerprint density at radius 3 is 1.25 bits per heavy atom. The second-order valence-electron chi connectivity index (χ2n) is 16.5. The monoisotopic (exact) mass is 603 g/mol. The highest BCUT2D eigenvalue weighted by atomic mass is 16.5. The number of ether oxygens (including phenoxy) is 2. The maximum Gasteiger partial charge on any atom is 0.182 e. The van der Waals surface area contributed by atoms with Gasteiger partial charge in [-0.3, -0.25) is 9.59 Å². The van der Waals surface area contributed by atoms with Gasteiger partial charge in [0.05, 0.1) is 19.9 Å². The Hall–Kier alpha value is -3.08. The second kappa shape index (κ2) is 12.7. The normalized spacial score (nSPS) is 17.0. The minimum atomic E-state index is -0.0786. The van der Waals surface area contributed by atoms with Gasteiger partial charge >= 0.3 is 0 Å². The zero-order valence-electron chi connectivity index (χ0n) is 30.0. The van der Waals surface area contributed by atoms with Crippen LogP contribution in [0.5, 0.6) is 11.5 Å². The minimum absolute atomic E-state index is 0.0347. The van der Waals surface area contributed by atoms with Crippen molar-refractivity contribution in [1.82, 2.24) is 4.90 Å². The van der Waals surface area contributed by atoms with E-state index in [0.29, 0.717) is 5.78 Å². The predicted octanol–water partition coefficient (Wildman–Crippen LogP) is 9.03. The average Bonchev–Trinajstić information content (AvgIpc) is 2.92. The SMILES string of the molecule is COc1cc(C(C)(C)C)c(C=C2C(=O)C3CCN2CC3)c(C(C)(C)C)c1.COc1cc(C(C)(C)C)c(C=O)c(C(C)(C)C)c1. The van der Waals surface area contributed by atoms with Crippen LogP contribution in [0.4, 0.5) is 0 Å². The molecule has 0 saturated carbocycles. The molecule has 0 aromatic heterocycles. The molecule has 5 heteroatoms. The molecule has 0 spiro atoms. The van der Waals surface area contributed by atoms with Crippen molar-refractivity contribution in [3.8, 4) is 11.5 Å². The Kier molecular flexibility index (Phi) is 10.2. The van der Waals surface area contributed by atoms with E-state index in [2.05, 4.69) is 106 Å². The van der Waals surface area contributed by atoms with Crippen molar-refractivity contribution in [1.29, 1.82) is 0 Å². The van der Waals surface area contributed by atoms with Crippen molar-refractivity contribution in [2.45, 2.75) is 118 Å². The zero-order valence-corrected chi connectivity index (χ0v) is 30.0. The lowest BCUT2D eigenvalue weighted by molar-refractivity contribution is -0.125. The summed E-state index contributed by atoms with van der Waals surface area (Å²) >= 11 is 0. The van der Waals surface area contributed by atoms with Gasteiger partial charge in [0.2, 0.25) is 0 Å². The number of carbonyl (C=O) groups is 2. The molecule has 0 N–H and O–H groups in total. The molecule has 3 saturated heterocycles. The van der Waals surface area contributed by atoms with Crippen LogP contribution in [0, 0.1) is 5.92 Å². The van der Waals surface area contributed by atoms with Gasteiger partial charge in [0.1, 0.15) is 11.5 Å². The van der Waals surface area contributed by atoms with E-state index in [1.54, 1.807) is 14.2 Å². The fraction of sp³-hybridized carbons (Fsp3) is 0.590. The summed E-state index contributed by atoms with van der Waals surface area (Å²) in [6.07, 6.45) is 5.17. The van der Waals surface area contributed by atoms with E-state index in [1.165, 1.54) is 16.7 Å². The third kappa shape index (κ3) is 7.76. The predicted molar refractivity (Wildman–Crippen MR) is 183 cm³/mol. The highest BCUT2D eigenvalue weighted by molar-refractivity contribution is 6.02. The van der Waals surface area contributed by atoms with Crippen LogP contribution < -0.4 is 9.47 Å². The second-order valence-corrected chi connectivity index (χ2v) is 16.5. The van der Waals surface area contributed by atoms with Crippen LogP contribution in [0.2, 0.25) is 0 Å². The molecule has 242 valence electrons. The van der Waals surface area contributed by atoms with E-state index in [4.69, 9.17) is 9.47 Å². The summed E-state index contributed by atoms with van der Waals surface area (Å²) < 4.78 is 11.0. The van der Waals surface area contributed by atoms with Crippen molar-refractivity contribution in [2.24, 2.45) is 5.92 Å². The smallest absolute Gasteiger partial charge is 0.182 e. The van der Waals surface area contributed by atoms with Gasteiger partial charge < -0.3 is 14.4 Å². The lowest BCUT2D eigenvalue weighted by Crippen LogP contribution is -2.46. The summed E-state index contributed by atoms with van der Waals surface area (Å²) in [6.45, 7) is 28.1. The van der Waals surface area contributed by atoms with Crippen LogP contribution in [-0.4, -0.2) is 44.3 Å². The molecule has 0 aliphatic carbocycles. The van der Waals surface area contributed by atoms with Gasteiger partial charge in [0.15, 0.2) is 12.1 Å². The van der Waals surface area contributed by atoms with E-state index in [0.717, 1.165) is 66.1 Å². The summed E-state index contributed by atoms with van der Waals surface area (Å²) in [5, 5.41) is 0. The number of hydrogen-bond acceptors (Lipinski definition) is 5. The molecule has 5 nitrogen and oxygen atoms in total. The molecule has 3 fully saturated rings. The first-order valence-corrected chi connectivity index (χ1v) is 16.1. The molecule has 0 unspecified atom stereocenters. The number of carbonyl (C=O) groups excluding carboxylic acids is 2. The number of fused-ring (bicyclic) bond motifs is 3. The van der Waals surface area contributed by atoms with E-state index in [9.17, 15) is 9.59 Å². The van der Waals surface area contributed by atoms with Crippen LogP contribution in [0.3, 0.4) is 0 Å². The quantitative estimate of drug-likeness (QED) is 0.258. The Balaban J connectivity index is 0.000000259. The summed E-state index contributed by atoms with van der Waals surface area (Å²) in [5.41, 5.74) is 7.25. The van der Waals surface area contributed by atoms with Gasteiger partial charge in [-0.2, -0.15) is 0 Å². The van der Waals surface area contributed by atoms with Crippen molar-refractivity contribution in [3.05, 3.63) is 63.3 Å². The van der Waals surface area contributed by atoms with Gasteiger partial charge in [-0.1, -0.05) is 83.1 Å². The molecule has 2 aromatic rings. The van der Waals surface area contributed by atoms with Gasteiger partial charge in [0, 0.05) is 24.6 Å². The largest absolute Gasteiger partial charge is 0.497 e. The minimum Gasteiger partial charge on any atom is -0.497 e. The number of ketones is 1. The van der Waals surface area contributed by atoms with E-state index >= 15 is 0 Å². The standard InChI is InChI=1S/C23H33NO2.C16H24O2/c1-22(2,3)18-12-16(26-7)13-19(23(4,5)6)17(18)14-20-21(25)15-8-10-24(20)11-9-15;1-15(2,3)13-8-11(18-7)9-14(12(13)10-17)16(4,5)6/h12-15H,8-11H2,1-7H3;8-10H,1-7H3. The summed E-state index contributed by atoms with van der Waals surface area (Å²) in [7, 11) is 3.39. The maximum atomic E-state index is 12.9. The van der Waals surface area contributed by atoms with Crippen LogP contribution in [0.1, 0.15) is 134 Å². The topological polar surface area (TPSA) is 55.8 Å². The average molecular weight is 604 g/mol. The molecule has 44 heavy (non-hydrogen) atoms. The molecule has 3 aliphatic rings. The molecule has 0 atom stereocenters. The fourth-order valence-corrected chi connectivity index (χ4v) is 6.30. The first-order valence-electron chi connectivity index (χ1n) is 16.1.